The topological polar surface area (TPSA) is 69.6 Å². The van der Waals surface area contributed by atoms with Crippen molar-refractivity contribution in [3.8, 4) is 0 Å². The summed E-state index contributed by atoms with van der Waals surface area (Å²) < 4.78 is 0. The van der Waals surface area contributed by atoms with Gasteiger partial charge in [-0.25, -0.2) is 0 Å². The molecule has 0 aliphatic carbocycles. The van der Waals surface area contributed by atoms with E-state index in [-0.39, 0.29) is 12.5 Å². The molecule has 0 fully saturated rings. The van der Waals surface area contributed by atoms with E-state index in [0.29, 0.717) is 6.42 Å². The second-order valence-electron chi connectivity index (χ2n) is 15.4. The van der Waals surface area contributed by atoms with Crippen LogP contribution in [0.15, 0.2) is 48.6 Å². The molecule has 2 unspecified atom stereocenters. The lowest BCUT2D eigenvalue weighted by Gasteiger charge is -2.19. The molecule has 0 radical (unpaired) electrons. The van der Waals surface area contributed by atoms with E-state index in [1.54, 1.807) is 6.08 Å². The van der Waals surface area contributed by atoms with Crippen molar-refractivity contribution >= 4 is 5.91 Å². The molecule has 0 aliphatic rings. The first kappa shape index (κ1) is 50.4. The third kappa shape index (κ3) is 39.6. The standard InChI is InChI=1S/C48H89NO3/c1-3-5-7-9-11-13-15-17-19-21-23-24-26-28-30-32-34-36-38-40-42-44-48(52)49-46(45-50)47(51)43-41-39-37-35-33-31-29-27-25-22-20-18-16-14-12-10-8-6-4-2/h21,23,25,27,33,35,41,43,46-47,50-51H,3-20,22,24,26,28-32,34,36-40,42,44-45H2,1-2H3,(H,49,52)/b23-21-,27-25+,35-33+,43-41+. The predicted molar refractivity (Wildman–Crippen MR) is 230 cm³/mol. The Morgan fingerprint density at radius 1 is 0.442 bits per heavy atom. The Balaban J connectivity index is 3.63. The SMILES string of the molecule is CCCCCCCCCC/C=C\CCCCCCCCCCCC(=O)NC(CO)C(O)/C=C/CC/C=C/CC/C=C/CCCCCCCCCCC. The molecule has 0 aromatic rings. The highest BCUT2D eigenvalue weighted by Gasteiger charge is 2.17. The van der Waals surface area contributed by atoms with Crippen LogP contribution in [0.1, 0.15) is 232 Å². The van der Waals surface area contributed by atoms with Gasteiger partial charge in [-0.05, 0) is 70.6 Å². The Labute approximate surface area is 324 Å². The van der Waals surface area contributed by atoms with Crippen LogP contribution in [0.5, 0.6) is 0 Å². The zero-order valence-corrected chi connectivity index (χ0v) is 34.8. The molecule has 0 aromatic carbocycles. The quantitative estimate of drug-likeness (QED) is 0.0434. The Morgan fingerprint density at radius 2 is 0.750 bits per heavy atom. The van der Waals surface area contributed by atoms with Gasteiger partial charge in [-0.2, -0.15) is 0 Å². The Bertz CT molecular complexity index is 831. The van der Waals surface area contributed by atoms with Crippen molar-refractivity contribution in [1.82, 2.24) is 5.32 Å². The third-order valence-electron chi connectivity index (χ3n) is 10.3. The molecule has 0 aliphatic heterocycles. The average Bonchev–Trinajstić information content (AvgIpc) is 3.15. The summed E-state index contributed by atoms with van der Waals surface area (Å²) in [6.45, 7) is 4.29. The largest absolute Gasteiger partial charge is 0.394 e. The molecule has 0 rings (SSSR count). The lowest BCUT2D eigenvalue weighted by Crippen LogP contribution is -2.45. The van der Waals surface area contributed by atoms with Gasteiger partial charge in [0.15, 0.2) is 0 Å². The van der Waals surface area contributed by atoms with Gasteiger partial charge in [0.25, 0.3) is 0 Å². The average molecular weight is 728 g/mol. The van der Waals surface area contributed by atoms with E-state index in [2.05, 4.69) is 55.6 Å². The van der Waals surface area contributed by atoms with Gasteiger partial charge >= 0.3 is 0 Å². The van der Waals surface area contributed by atoms with Gasteiger partial charge < -0.3 is 15.5 Å². The first-order chi connectivity index (χ1) is 25.7. The first-order valence-electron chi connectivity index (χ1n) is 22.9. The van der Waals surface area contributed by atoms with Gasteiger partial charge in [0.1, 0.15) is 0 Å². The third-order valence-corrected chi connectivity index (χ3v) is 10.3. The number of nitrogens with one attached hydrogen (secondary N) is 1. The van der Waals surface area contributed by atoms with Crippen LogP contribution in [0, 0.1) is 0 Å². The molecule has 2 atom stereocenters. The maximum Gasteiger partial charge on any atom is 0.220 e. The van der Waals surface area contributed by atoms with Crippen LogP contribution in [0.3, 0.4) is 0 Å². The van der Waals surface area contributed by atoms with Gasteiger partial charge in [-0.1, -0.05) is 204 Å². The van der Waals surface area contributed by atoms with E-state index in [4.69, 9.17) is 0 Å². The molecular formula is C48H89NO3. The highest BCUT2D eigenvalue weighted by molar-refractivity contribution is 5.76. The van der Waals surface area contributed by atoms with Gasteiger partial charge in [-0.15, -0.1) is 0 Å². The minimum absolute atomic E-state index is 0.0801. The van der Waals surface area contributed by atoms with E-state index in [1.807, 2.05) is 6.08 Å². The summed E-state index contributed by atoms with van der Waals surface area (Å²) in [5.41, 5.74) is 0. The lowest BCUT2D eigenvalue weighted by atomic mass is 10.0. The van der Waals surface area contributed by atoms with Gasteiger partial charge in [0.2, 0.25) is 5.91 Å². The van der Waals surface area contributed by atoms with Crippen molar-refractivity contribution in [3.63, 3.8) is 0 Å². The number of carbonyl (C=O) groups excluding carboxylic acids is 1. The molecule has 304 valence electrons. The summed E-state index contributed by atoms with van der Waals surface area (Å²) in [5, 5.41) is 23.0. The number of aliphatic hydroxyl groups is 2. The highest BCUT2D eigenvalue weighted by atomic mass is 16.3. The minimum Gasteiger partial charge on any atom is -0.394 e. The van der Waals surface area contributed by atoms with Gasteiger partial charge in [-0.3, -0.25) is 4.79 Å². The molecule has 0 spiro atoms. The van der Waals surface area contributed by atoms with Crippen molar-refractivity contribution in [2.75, 3.05) is 6.61 Å². The smallest absolute Gasteiger partial charge is 0.220 e. The van der Waals surface area contributed by atoms with E-state index >= 15 is 0 Å². The van der Waals surface area contributed by atoms with Gasteiger partial charge in [0, 0.05) is 6.42 Å². The second-order valence-corrected chi connectivity index (χ2v) is 15.4. The van der Waals surface area contributed by atoms with Crippen LogP contribution in [-0.4, -0.2) is 34.9 Å². The Morgan fingerprint density at radius 3 is 1.12 bits per heavy atom. The normalized spacial score (nSPS) is 13.4. The van der Waals surface area contributed by atoms with Crippen molar-refractivity contribution in [3.05, 3.63) is 48.6 Å². The monoisotopic (exact) mass is 728 g/mol. The zero-order chi connectivity index (χ0) is 37.8. The molecule has 52 heavy (non-hydrogen) atoms. The van der Waals surface area contributed by atoms with Crippen LogP contribution in [0.25, 0.3) is 0 Å². The first-order valence-corrected chi connectivity index (χ1v) is 22.9. The van der Waals surface area contributed by atoms with E-state index < -0.39 is 12.1 Å². The molecule has 3 N–H and O–H groups in total. The predicted octanol–water partition coefficient (Wildman–Crippen LogP) is 14.4. The van der Waals surface area contributed by atoms with Crippen LogP contribution >= 0.6 is 0 Å². The van der Waals surface area contributed by atoms with E-state index in [0.717, 1.165) is 38.5 Å². The summed E-state index contributed by atoms with van der Waals surface area (Å²) in [4.78, 5) is 12.4. The van der Waals surface area contributed by atoms with Gasteiger partial charge in [0.05, 0.1) is 18.8 Å². The lowest BCUT2D eigenvalue weighted by molar-refractivity contribution is -0.123. The number of rotatable bonds is 41. The van der Waals surface area contributed by atoms with E-state index in [1.165, 1.54) is 173 Å². The van der Waals surface area contributed by atoms with Crippen LogP contribution in [-0.2, 0) is 4.79 Å². The molecule has 0 bridgehead atoms. The zero-order valence-electron chi connectivity index (χ0n) is 34.8. The Kier molecular flexibility index (Phi) is 42.4. The van der Waals surface area contributed by atoms with Crippen molar-refractivity contribution < 1.29 is 15.0 Å². The van der Waals surface area contributed by atoms with Crippen molar-refractivity contribution in [1.29, 1.82) is 0 Å². The maximum atomic E-state index is 12.4. The summed E-state index contributed by atoms with van der Waals surface area (Å²) >= 11 is 0. The van der Waals surface area contributed by atoms with Crippen molar-refractivity contribution in [2.24, 2.45) is 0 Å². The molecule has 4 nitrogen and oxygen atoms in total. The summed E-state index contributed by atoms with van der Waals surface area (Å²) in [5.74, 6) is -0.0801. The fraction of sp³-hybridized carbons (Fsp3) is 0.812. The molecule has 0 heterocycles. The van der Waals surface area contributed by atoms with Crippen molar-refractivity contribution in [2.45, 2.75) is 244 Å². The molecule has 0 aromatic heterocycles. The van der Waals surface area contributed by atoms with Crippen LogP contribution in [0.2, 0.25) is 0 Å². The summed E-state index contributed by atoms with van der Waals surface area (Å²) in [6.07, 6.45) is 59.4. The number of amides is 1. The number of unbranched alkanes of at least 4 members (excludes halogenated alkanes) is 28. The number of hydrogen-bond donors (Lipinski definition) is 3. The highest BCUT2D eigenvalue weighted by Crippen LogP contribution is 2.14. The number of allylic oxidation sites excluding steroid dienone is 7. The fourth-order valence-corrected chi connectivity index (χ4v) is 6.73. The molecule has 0 saturated carbocycles. The maximum absolute atomic E-state index is 12.4. The summed E-state index contributed by atoms with van der Waals surface area (Å²) in [6, 6.07) is -0.646. The fourth-order valence-electron chi connectivity index (χ4n) is 6.73. The molecule has 4 heteroatoms. The van der Waals surface area contributed by atoms with Crippen LogP contribution < -0.4 is 5.32 Å². The molecule has 0 saturated heterocycles. The Hall–Kier alpha value is -1.65. The molecular weight excluding hydrogens is 639 g/mol. The second kappa shape index (κ2) is 43.8. The van der Waals surface area contributed by atoms with E-state index in [9.17, 15) is 15.0 Å². The number of carbonyl (C=O) groups is 1. The number of aliphatic hydroxyl groups excluding tert-OH is 2. The van der Waals surface area contributed by atoms with Crippen LogP contribution in [0.4, 0.5) is 0 Å². The molecule has 1 amide bonds. The minimum atomic E-state index is -0.871. The summed E-state index contributed by atoms with van der Waals surface area (Å²) in [7, 11) is 0. The number of hydrogen-bond acceptors (Lipinski definition) is 3.